The van der Waals surface area contributed by atoms with Gasteiger partial charge in [-0.2, -0.15) is 0 Å². The maximum Gasteiger partial charge on any atom is 0.228 e. The van der Waals surface area contributed by atoms with Gasteiger partial charge in [-0.3, -0.25) is 0 Å². The Morgan fingerprint density at radius 2 is 1.85 bits per heavy atom. The van der Waals surface area contributed by atoms with Crippen molar-refractivity contribution in [3.63, 3.8) is 0 Å². The van der Waals surface area contributed by atoms with Gasteiger partial charge in [-0.1, -0.05) is 12.1 Å². The van der Waals surface area contributed by atoms with Crippen molar-refractivity contribution in [3.05, 3.63) is 60.6 Å². The highest BCUT2D eigenvalue weighted by molar-refractivity contribution is 5.95. The van der Waals surface area contributed by atoms with Crippen LogP contribution in [0.1, 0.15) is 5.69 Å². The van der Waals surface area contributed by atoms with Crippen LogP contribution in [0.5, 0.6) is 11.6 Å². The van der Waals surface area contributed by atoms with Crippen molar-refractivity contribution in [3.8, 4) is 22.9 Å². The van der Waals surface area contributed by atoms with E-state index in [0.717, 1.165) is 27.7 Å². The molecule has 7 heteroatoms. The molecule has 0 atom stereocenters. The van der Waals surface area contributed by atoms with E-state index in [2.05, 4.69) is 25.3 Å². The normalized spacial score (nSPS) is 10.7. The van der Waals surface area contributed by atoms with Gasteiger partial charge in [0.2, 0.25) is 11.8 Å². The van der Waals surface area contributed by atoms with Crippen LogP contribution in [0, 0.1) is 6.92 Å². The van der Waals surface area contributed by atoms with E-state index in [4.69, 9.17) is 10.5 Å². The smallest absolute Gasteiger partial charge is 0.228 e. The third kappa shape index (κ3) is 3.22. The molecule has 1 aromatic carbocycles. The van der Waals surface area contributed by atoms with Crippen LogP contribution >= 0.6 is 0 Å². The molecule has 0 radical (unpaired) electrons. The number of anilines is 2. The summed E-state index contributed by atoms with van der Waals surface area (Å²) in [5, 5.41) is 4.67. The maximum absolute atomic E-state index is 6.19. The minimum Gasteiger partial charge on any atom is -0.438 e. The molecule has 0 aliphatic rings. The van der Waals surface area contributed by atoms with Gasteiger partial charge in [0.15, 0.2) is 0 Å². The summed E-state index contributed by atoms with van der Waals surface area (Å²) in [7, 11) is 1.77. The summed E-state index contributed by atoms with van der Waals surface area (Å²) in [5.41, 5.74) is 8.38. The summed E-state index contributed by atoms with van der Waals surface area (Å²) < 4.78 is 6.19. The molecule has 0 fully saturated rings. The van der Waals surface area contributed by atoms with Gasteiger partial charge in [0.1, 0.15) is 11.6 Å². The second-order valence-electron chi connectivity index (χ2n) is 5.97. The van der Waals surface area contributed by atoms with Crippen molar-refractivity contribution in [2.75, 3.05) is 18.1 Å². The Hall–Kier alpha value is -3.74. The lowest BCUT2D eigenvalue weighted by atomic mass is 10.1. The van der Waals surface area contributed by atoms with Crippen molar-refractivity contribution in [1.82, 2.24) is 19.9 Å². The minimum absolute atomic E-state index is 0.457. The van der Waals surface area contributed by atoms with Gasteiger partial charge in [0.05, 0.1) is 11.3 Å². The van der Waals surface area contributed by atoms with Gasteiger partial charge >= 0.3 is 0 Å². The van der Waals surface area contributed by atoms with E-state index in [1.54, 1.807) is 19.4 Å². The highest BCUT2D eigenvalue weighted by Crippen LogP contribution is 2.35. The first-order chi connectivity index (χ1) is 13.2. The van der Waals surface area contributed by atoms with Gasteiger partial charge in [-0.15, -0.1) is 0 Å². The number of nitrogens with one attached hydrogen (secondary N) is 1. The summed E-state index contributed by atoms with van der Waals surface area (Å²) in [6.45, 7) is 1.90. The fourth-order valence-electron chi connectivity index (χ4n) is 2.90. The largest absolute Gasteiger partial charge is 0.438 e. The fourth-order valence-corrected chi connectivity index (χ4v) is 2.90. The molecule has 0 aliphatic heterocycles. The van der Waals surface area contributed by atoms with Gasteiger partial charge in [-0.05, 0) is 37.3 Å². The Balaban J connectivity index is 1.82. The molecule has 0 unspecified atom stereocenters. The predicted octanol–water partition coefficient (Wildman–Crippen LogP) is 3.81. The first kappa shape index (κ1) is 16.7. The van der Waals surface area contributed by atoms with Crippen LogP contribution in [0.25, 0.3) is 22.0 Å². The second-order valence-corrected chi connectivity index (χ2v) is 5.97. The lowest BCUT2D eigenvalue weighted by Crippen LogP contribution is -1.99. The van der Waals surface area contributed by atoms with E-state index in [1.165, 1.54) is 0 Å². The van der Waals surface area contributed by atoms with Crippen molar-refractivity contribution in [2.24, 2.45) is 0 Å². The maximum atomic E-state index is 6.19. The monoisotopic (exact) mass is 358 g/mol. The number of hydrogen-bond donors (Lipinski definition) is 2. The van der Waals surface area contributed by atoms with Crippen LogP contribution < -0.4 is 15.8 Å². The molecular formula is C20H18N6O. The van der Waals surface area contributed by atoms with Gasteiger partial charge in [-0.25, -0.2) is 19.9 Å². The molecule has 3 N–H and O–H groups in total. The zero-order valence-corrected chi connectivity index (χ0v) is 15.0. The quantitative estimate of drug-likeness (QED) is 0.572. The van der Waals surface area contributed by atoms with Crippen LogP contribution in [-0.2, 0) is 0 Å². The Labute approximate surface area is 156 Å². The van der Waals surface area contributed by atoms with Crippen molar-refractivity contribution >= 4 is 22.5 Å². The fraction of sp³-hybridized carbons (Fsp3) is 0.100. The number of nitrogens with zero attached hydrogens (tertiary/aromatic N) is 4. The van der Waals surface area contributed by atoms with Crippen LogP contribution in [-0.4, -0.2) is 27.0 Å². The van der Waals surface area contributed by atoms with Crippen LogP contribution in [0.3, 0.4) is 0 Å². The highest BCUT2D eigenvalue weighted by atomic mass is 16.5. The number of pyridine rings is 2. The van der Waals surface area contributed by atoms with E-state index >= 15 is 0 Å². The minimum atomic E-state index is 0.457. The number of benzene rings is 1. The molecule has 0 amide bonds. The molecule has 7 nitrogen and oxygen atoms in total. The number of aromatic nitrogens is 4. The first-order valence-corrected chi connectivity index (χ1v) is 8.45. The summed E-state index contributed by atoms with van der Waals surface area (Å²) in [5.74, 6) is 2.12. The lowest BCUT2D eigenvalue weighted by Gasteiger charge is -2.13. The molecule has 134 valence electrons. The average molecular weight is 358 g/mol. The first-order valence-electron chi connectivity index (χ1n) is 8.45. The van der Waals surface area contributed by atoms with E-state index < -0.39 is 0 Å². The number of aryl methyl sites for hydroxylation is 1. The molecule has 4 rings (SSSR count). The zero-order valence-electron chi connectivity index (χ0n) is 15.0. The van der Waals surface area contributed by atoms with Crippen LogP contribution in [0.15, 0.2) is 54.9 Å². The predicted molar refractivity (Wildman–Crippen MR) is 106 cm³/mol. The van der Waals surface area contributed by atoms with E-state index in [1.807, 2.05) is 49.4 Å². The zero-order chi connectivity index (χ0) is 18.8. The number of rotatable bonds is 4. The number of ether oxygens (including phenoxy) is 1. The third-order valence-electron chi connectivity index (χ3n) is 4.13. The third-order valence-corrected chi connectivity index (χ3v) is 4.13. The van der Waals surface area contributed by atoms with Gasteiger partial charge in [0.25, 0.3) is 0 Å². The Bertz CT molecular complexity index is 1130. The van der Waals surface area contributed by atoms with Crippen molar-refractivity contribution in [2.45, 2.75) is 6.92 Å². The second kappa shape index (κ2) is 6.87. The molecule has 3 heterocycles. The number of nitrogens with two attached hydrogens (primary N) is 1. The molecule has 0 bridgehead atoms. The van der Waals surface area contributed by atoms with Gasteiger partial charge < -0.3 is 15.8 Å². The molecule has 4 aromatic rings. The Kier molecular flexibility index (Phi) is 4.25. The molecule has 0 saturated carbocycles. The highest BCUT2D eigenvalue weighted by Gasteiger charge is 2.13. The molecule has 0 aliphatic carbocycles. The topological polar surface area (TPSA) is 98.8 Å². The lowest BCUT2D eigenvalue weighted by molar-refractivity contribution is 0.470. The Morgan fingerprint density at radius 3 is 2.70 bits per heavy atom. The summed E-state index contributed by atoms with van der Waals surface area (Å²) >= 11 is 0. The molecule has 27 heavy (non-hydrogen) atoms. The number of hydrogen-bond acceptors (Lipinski definition) is 7. The van der Waals surface area contributed by atoms with E-state index in [0.29, 0.717) is 23.4 Å². The summed E-state index contributed by atoms with van der Waals surface area (Å²) in [6.07, 6.45) is 3.38. The van der Waals surface area contributed by atoms with E-state index in [9.17, 15) is 0 Å². The number of nitrogen functional groups attached to an aromatic ring is 1. The van der Waals surface area contributed by atoms with Crippen molar-refractivity contribution in [1.29, 1.82) is 0 Å². The molecule has 0 spiro atoms. The Morgan fingerprint density at radius 1 is 0.963 bits per heavy atom. The molecular weight excluding hydrogens is 340 g/mol. The van der Waals surface area contributed by atoms with Crippen molar-refractivity contribution < 1.29 is 4.74 Å². The SMILES string of the molecule is CNc1nccc(-c2cccnc2Oc2cccc3c(N)nc(C)cc23)n1. The standard InChI is InChI=1S/C20H18N6O/c1-12-11-15-13(18(21)25-12)5-3-7-17(15)27-19-14(6-4-9-23-19)16-8-10-24-20(22-2)26-16/h3-11H,1-2H3,(H2,21,25)(H,22,24,26). The van der Waals surface area contributed by atoms with Gasteiger partial charge in [0, 0.05) is 35.9 Å². The van der Waals surface area contributed by atoms with E-state index in [-0.39, 0.29) is 0 Å². The summed E-state index contributed by atoms with van der Waals surface area (Å²) in [4.78, 5) is 17.4. The molecule has 0 saturated heterocycles. The van der Waals surface area contributed by atoms with Crippen LogP contribution in [0.2, 0.25) is 0 Å². The average Bonchev–Trinajstić information content (AvgIpc) is 2.69. The summed E-state index contributed by atoms with van der Waals surface area (Å²) in [6, 6.07) is 13.2. The van der Waals surface area contributed by atoms with Crippen LogP contribution in [0.4, 0.5) is 11.8 Å². The molecule has 3 aromatic heterocycles. The number of fused-ring (bicyclic) bond motifs is 1.